The molecule has 1 unspecified atom stereocenters. The van der Waals surface area contributed by atoms with Crippen LogP contribution in [-0.4, -0.2) is 111 Å². The van der Waals surface area contributed by atoms with E-state index in [9.17, 15) is 15.0 Å². The summed E-state index contributed by atoms with van der Waals surface area (Å²) in [5.74, 6) is -0.892. The molecule has 0 amide bonds. The Balaban J connectivity index is 1.41. The molecule has 5 saturated carbocycles. The number of ether oxygens (including phenoxy) is 5. The number of methoxy groups -OCH3 is 4. The molecule has 6 fully saturated rings. The minimum absolute atomic E-state index is 0.00697. The minimum Gasteiger partial charge on any atom is -0.461 e. The molecule has 1 saturated heterocycles. The van der Waals surface area contributed by atoms with Gasteiger partial charge in [-0.2, -0.15) is 0 Å². The monoisotopic (exact) mass is 586 g/mol. The topological polar surface area (TPSA) is 133 Å². The zero-order valence-electron chi connectivity index (χ0n) is 25.3. The van der Waals surface area contributed by atoms with Crippen LogP contribution >= 0.6 is 0 Å². The number of benzene rings is 1. The third-order valence-corrected chi connectivity index (χ3v) is 13.0. The fourth-order valence-electron chi connectivity index (χ4n) is 12.0. The zero-order valence-corrected chi connectivity index (χ0v) is 25.3. The summed E-state index contributed by atoms with van der Waals surface area (Å²) in [6.45, 7) is 3.54. The van der Waals surface area contributed by atoms with Gasteiger partial charge in [-0.1, -0.05) is 19.1 Å². The Morgan fingerprint density at radius 3 is 2.50 bits per heavy atom. The predicted octanol–water partition coefficient (Wildman–Crippen LogP) is 1.72. The van der Waals surface area contributed by atoms with Crippen molar-refractivity contribution in [1.29, 1.82) is 0 Å². The maximum absolute atomic E-state index is 13.4. The number of anilines is 1. The van der Waals surface area contributed by atoms with Gasteiger partial charge in [-0.25, -0.2) is 4.79 Å². The highest BCUT2D eigenvalue weighted by Crippen LogP contribution is 2.80. The number of para-hydroxylation sites is 1. The van der Waals surface area contributed by atoms with Crippen molar-refractivity contribution < 1.29 is 38.7 Å². The first-order valence-electron chi connectivity index (χ1n) is 15.5. The largest absolute Gasteiger partial charge is 0.461 e. The van der Waals surface area contributed by atoms with Crippen molar-refractivity contribution in [3.05, 3.63) is 29.8 Å². The average molecular weight is 587 g/mol. The van der Waals surface area contributed by atoms with E-state index >= 15 is 0 Å². The highest BCUT2D eigenvalue weighted by Gasteiger charge is 2.91. The Morgan fingerprint density at radius 2 is 1.86 bits per heavy atom. The predicted molar refractivity (Wildman–Crippen MR) is 153 cm³/mol. The number of rotatable bonds is 8. The van der Waals surface area contributed by atoms with Gasteiger partial charge in [-0.05, 0) is 43.9 Å². The van der Waals surface area contributed by atoms with E-state index in [-0.39, 0.29) is 48.6 Å². The Kier molecular flexibility index (Phi) is 6.62. The molecule has 0 aromatic heterocycles. The molecule has 1 aromatic carbocycles. The van der Waals surface area contributed by atoms with E-state index in [2.05, 4.69) is 11.8 Å². The van der Waals surface area contributed by atoms with Crippen molar-refractivity contribution in [3.8, 4) is 0 Å². The lowest BCUT2D eigenvalue weighted by Gasteiger charge is -2.70. The molecule has 10 heteroatoms. The summed E-state index contributed by atoms with van der Waals surface area (Å²) in [5.41, 5.74) is 2.65. The molecule has 1 heterocycles. The standard InChI is InChI=1S/C32H46N2O8/c1-6-34-15-29(16-42-27(35)17-9-7-8-10-20(17)33)12-11-22(39-3)31-19-13-18-21(38-2)14-30(36,23(19)24(18)40-4)32(37,28(31)34)26(41-5)25(29)31/h7-10,18-19,21-26,28,36-37H,6,11-16,33H2,1-5H3/t18-,19-,21+,22+,23-,24+,25-,26+,28+,29+,30-,31?,32+/m1/s1. The van der Waals surface area contributed by atoms with Crippen LogP contribution in [0.5, 0.6) is 0 Å². The molecule has 10 nitrogen and oxygen atoms in total. The number of aliphatic hydroxyl groups is 2. The number of fused-ring (bicyclic) bond motifs is 2. The maximum atomic E-state index is 13.4. The van der Waals surface area contributed by atoms with Gasteiger partial charge in [0.25, 0.3) is 0 Å². The molecule has 42 heavy (non-hydrogen) atoms. The van der Waals surface area contributed by atoms with Gasteiger partial charge in [0.05, 0.1) is 42.6 Å². The van der Waals surface area contributed by atoms with E-state index in [0.29, 0.717) is 30.8 Å². The van der Waals surface area contributed by atoms with Crippen LogP contribution in [0.1, 0.15) is 43.0 Å². The number of likely N-dealkylation sites (tertiary alicyclic amines) is 1. The number of carbonyl (C=O) groups excluding carboxylic acids is 1. The van der Waals surface area contributed by atoms with Gasteiger partial charge in [0.1, 0.15) is 11.2 Å². The SMILES string of the molecule is CCN1C[C@]2(COC(=O)c3ccccc3N)CC[C@H](OC)C34[C@@H]5C[C@H]6[C@H](OC)[C@@H]5[C@](O)(C[C@@H]6OC)[C@](O)([C@@H](OC)[C@@H]32)[C@@H]14. The number of piperidine rings is 1. The highest BCUT2D eigenvalue weighted by molar-refractivity contribution is 5.95. The molecular weight excluding hydrogens is 540 g/mol. The third kappa shape index (κ3) is 3.12. The smallest absolute Gasteiger partial charge is 0.340 e. The maximum Gasteiger partial charge on any atom is 0.340 e. The highest BCUT2D eigenvalue weighted by atomic mass is 16.5. The van der Waals surface area contributed by atoms with Crippen LogP contribution in [0.25, 0.3) is 0 Å². The second-order valence-electron chi connectivity index (χ2n) is 13.8. The number of nitrogens with zero attached hydrogens (tertiary/aromatic N) is 1. The number of hydrogen-bond donors (Lipinski definition) is 3. The summed E-state index contributed by atoms with van der Waals surface area (Å²) in [5, 5.41) is 26.3. The summed E-state index contributed by atoms with van der Waals surface area (Å²) in [7, 11) is 6.80. The number of nitrogens with two attached hydrogens (primary N) is 1. The minimum atomic E-state index is -1.62. The quantitative estimate of drug-likeness (QED) is 0.306. The van der Waals surface area contributed by atoms with E-state index in [4.69, 9.17) is 29.4 Å². The van der Waals surface area contributed by atoms with Crippen LogP contribution in [0.2, 0.25) is 0 Å². The van der Waals surface area contributed by atoms with E-state index < -0.39 is 40.1 Å². The lowest BCUT2D eigenvalue weighted by Crippen LogP contribution is -2.82. The van der Waals surface area contributed by atoms with Gasteiger partial charge in [0.2, 0.25) is 0 Å². The Hall–Kier alpha value is -1.79. The molecule has 7 bridgehead atoms. The van der Waals surface area contributed by atoms with Gasteiger partial charge in [0.15, 0.2) is 0 Å². The van der Waals surface area contributed by atoms with E-state index in [1.165, 1.54) is 0 Å². The third-order valence-electron chi connectivity index (χ3n) is 13.0. The second-order valence-corrected chi connectivity index (χ2v) is 13.8. The van der Waals surface area contributed by atoms with Crippen LogP contribution in [0, 0.1) is 34.5 Å². The van der Waals surface area contributed by atoms with Crippen LogP contribution < -0.4 is 5.73 Å². The van der Waals surface area contributed by atoms with Crippen molar-refractivity contribution in [3.63, 3.8) is 0 Å². The summed E-state index contributed by atoms with van der Waals surface area (Å²) < 4.78 is 31.1. The molecule has 4 N–H and O–H groups in total. The van der Waals surface area contributed by atoms with Crippen LogP contribution in [0.15, 0.2) is 24.3 Å². The fraction of sp³-hybridized carbons (Fsp3) is 0.781. The number of hydrogen-bond acceptors (Lipinski definition) is 10. The lowest BCUT2D eigenvalue weighted by molar-refractivity contribution is -0.320. The van der Waals surface area contributed by atoms with E-state index in [0.717, 1.165) is 19.3 Å². The molecule has 232 valence electrons. The van der Waals surface area contributed by atoms with Crippen molar-refractivity contribution in [1.82, 2.24) is 4.90 Å². The number of carbonyl (C=O) groups is 1. The fourth-order valence-corrected chi connectivity index (χ4v) is 12.0. The van der Waals surface area contributed by atoms with Crippen molar-refractivity contribution >= 4 is 11.7 Å². The van der Waals surface area contributed by atoms with E-state index in [1.54, 1.807) is 52.7 Å². The molecule has 1 aromatic rings. The molecule has 7 rings (SSSR count). The van der Waals surface area contributed by atoms with Gasteiger partial charge in [-0.3, -0.25) is 4.90 Å². The summed E-state index contributed by atoms with van der Waals surface area (Å²) in [6.07, 6.45) is 1.22. The molecule has 13 atom stereocenters. The van der Waals surface area contributed by atoms with Crippen LogP contribution in [0.3, 0.4) is 0 Å². The first-order valence-corrected chi connectivity index (χ1v) is 15.5. The van der Waals surface area contributed by atoms with Gasteiger partial charge >= 0.3 is 5.97 Å². The average Bonchev–Trinajstić information content (AvgIpc) is 3.41. The first-order chi connectivity index (χ1) is 20.1. The Labute approximate surface area is 247 Å². The Bertz CT molecular complexity index is 1250. The lowest BCUT2D eigenvalue weighted by atomic mass is 9.42. The number of esters is 1. The molecular formula is C32H46N2O8. The van der Waals surface area contributed by atoms with Crippen LogP contribution in [0.4, 0.5) is 5.69 Å². The van der Waals surface area contributed by atoms with Gasteiger partial charge in [-0.15, -0.1) is 0 Å². The first kappa shape index (κ1) is 29.0. The molecule has 0 radical (unpaired) electrons. The number of nitrogen functional groups attached to an aromatic ring is 1. The summed E-state index contributed by atoms with van der Waals surface area (Å²) in [6, 6.07) is 6.55. The van der Waals surface area contributed by atoms with Crippen molar-refractivity contribution in [2.45, 2.75) is 74.3 Å². The molecule has 6 aliphatic rings. The zero-order chi connectivity index (χ0) is 29.8. The summed E-state index contributed by atoms with van der Waals surface area (Å²) in [4.78, 5) is 15.7. The number of likely N-dealkylation sites (N-methyl/N-ethyl adjacent to an activating group) is 1. The summed E-state index contributed by atoms with van der Waals surface area (Å²) >= 11 is 0. The van der Waals surface area contributed by atoms with Crippen molar-refractivity contribution in [2.75, 3.05) is 53.9 Å². The van der Waals surface area contributed by atoms with Gasteiger partial charge < -0.3 is 39.6 Å². The second kappa shape index (κ2) is 9.60. The van der Waals surface area contributed by atoms with Crippen LogP contribution in [-0.2, 0) is 23.7 Å². The molecule has 1 aliphatic heterocycles. The van der Waals surface area contributed by atoms with Crippen molar-refractivity contribution in [2.24, 2.45) is 34.5 Å². The van der Waals surface area contributed by atoms with E-state index in [1.807, 2.05) is 0 Å². The normalized spacial score (nSPS) is 50.1. The van der Waals surface area contributed by atoms with Gasteiger partial charge in [0, 0.05) is 75.7 Å². The molecule has 1 spiro atoms. The molecule has 5 aliphatic carbocycles. The Morgan fingerprint density at radius 1 is 1.10 bits per heavy atom.